The number of nitrogen functional groups attached to an aromatic ring is 1. The van der Waals surface area contributed by atoms with Gasteiger partial charge in [0.05, 0.1) is 57.8 Å². The van der Waals surface area contributed by atoms with E-state index in [0.717, 1.165) is 131 Å². The van der Waals surface area contributed by atoms with Crippen LogP contribution in [0.1, 0.15) is 132 Å². The fraction of sp³-hybridized carbons (Fsp3) is 0.375. The minimum absolute atomic E-state index is 0.234. The van der Waals surface area contributed by atoms with Crippen molar-refractivity contribution < 1.29 is 18.3 Å². The molecular formula is C56H57N17O4S3. The number of benzene rings is 1. The van der Waals surface area contributed by atoms with E-state index in [2.05, 4.69) is 54.9 Å². The molecule has 21 nitrogen and oxygen atoms in total. The summed E-state index contributed by atoms with van der Waals surface area (Å²) in [6, 6.07) is 12.6. The molecule has 1 aromatic carbocycles. The molecule has 0 atom stereocenters. The van der Waals surface area contributed by atoms with Crippen LogP contribution in [0.25, 0.3) is 76.9 Å². The molecule has 11 aromatic heterocycles. The Morgan fingerprint density at radius 2 is 1.32 bits per heavy atom. The van der Waals surface area contributed by atoms with E-state index in [9.17, 15) is 0 Å². The van der Waals surface area contributed by atoms with Crippen molar-refractivity contribution in [3.63, 3.8) is 0 Å². The number of aromatic nitrogens is 16. The zero-order valence-electron chi connectivity index (χ0n) is 44.7. The lowest BCUT2D eigenvalue weighted by Crippen LogP contribution is -2.15. The Balaban J connectivity index is 0.000000115. The third kappa shape index (κ3) is 10.1. The zero-order chi connectivity index (χ0) is 54.3. The third-order valence-electron chi connectivity index (χ3n) is 14.9. The number of anilines is 1. The van der Waals surface area contributed by atoms with E-state index >= 15 is 0 Å². The van der Waals surface area contributed by atoms with Crippen LogP contribution in [0.4, 0.5) is 5.95 Å². The lowest BCUT2D eigenvalue weighted by Gasteiger charge is -2.22. The van der Waals surface area contributed by atoms with Crippen LogP contribution >= 0.6 is 34.4 Å². The molecular weight excluding hydrogens is 1070 g/mol. The normalized spacial score (nSPS) is 15.3. The van der Waals surface area contributed by atoms with Crippen molar-refractivity contribution in [2.45, 2.75) is 136 Å². The summed E-state index contributed by atoms with van der Waals surface area (Å²) in [5.74, 6) is 4.84. The van der Waals surface area contributed by atoms with Crippen LogP contribution in [-0.4, -0.2) is 78.0 Å². The Kier molecular flexibility index (Phi) is 14.3. The number of nitrogens with zero attached hydrogens (tertiary/aromatic N) is 16. The topological polar surface area (TPSA) is 253 Å². The van der Waals surface area contributed by atoms with Gasteiger partial charge in [0, 0.05) is 18.8 Å². The summed E-state index contributed by atoms with van der Waals surface area (Å²) in [7, 11) is 0. The van der Waals surface area contributed by atoms with Gasteiger partial charge in [-0.3, -0.25) is 0 Å². The number of fused-ring (bicyclic) bond motifs is 4. The molecule has 12 aromatic rings. The molecule has 15 rings (SSSR count). The van der Waals surface area contributed by atoms with Gasteiger partial charge in [-0.2, -0.15) is 34.0 Å². The quantitative estimate of drug-likeness (QED) is 0.126. The fourth-order valence-electron chi connectivity index (χ4n) is 11.1. The van der Waals surface area contributed by atoms with Crippen LogP contribution in [0.15, 0.2) is 81.7 Å². The number of oxazole rings is 1. The van der Waals surface area contributed by atoms with Gasteiger partial charge in [0.15, 0.2) is 44.7 Å². The van der Waals surface area contributed by atoms with Crippen LogP contribution in [0.2, 0.25) is 0 Å². The summed E-state index contributed by atoms with van der Waals surface area (Å²) in [4.78, 5) is 37.0. The van der Waals surface area contributed by atoms with Crippen molar-refractivity contribution in [2.24, 2.45) is 0 Å². The average molecular weight is 1130 g/mol. The lowest BCUT2D eigenvalue weighted by atomic mass is 9.96. The summed E-state index contributed by atoms with van der Waals surface area (Å²) < 4.78 is 38.0. The molecule has 3 saturated carbocycles. The van der Waals surface area contributed by atoms with Gasteiger partial charge in [0.25, 0.3) is 11.8 Å². The average Bonchev–Trinajstić information content (AvgIpc) is 4.38. The minimum atomic E-state index is 0.234. The first-order valence-electron chi connectivity index (χ1n) is 27.3. The van der Waals surface area contributed by atoms with E-state index in [0.29, 0.717) is 41.3 Å². The van der Waals surface area contributed by atoms with Gasteiger partial charge in [0.2, 0.25) is 5.95 Å². The van der Waals surface area contributed by atoms with E-state index in [-0.39, 0.29) is 5.95 Å². The molecule has 3 aliphatic rings. The van der Waals surface area contributed by atoms with E-state index < -0.39 is 0 Å². The number of rotatable bonds is 11. The highest BCUT2D eigenvalue weighted by atomic mass is 32.1. The molecule has 2 N–H and O–H groups in total. The van der Waals surface area contributed by atoms with Crippen LogP contribution in [0, 0.1) is 20.8 Å². The Morgan fingerprint density at radius 3 is 2.05 bits per heavy atom. The number of hydrogen-bond donors (Lipinski definition) is 1. The second kappa shape index (κ2) is 22.2. The predicted molar refractivity (Wildman–Crippen MR) is 307 cm³/mol. The Morgan fingerprint density at radius 1 is 0.625 bits per heavy atom. The van der Waals surface area contributed by atoms with Gasteiger partial charge in [-0.15, -0.1) is 11.3 Å². The van der Waals surface area contributed by atoms with Crippen LogP contribution in [0.5, 0.6) is 22.4 Å². The molecule has 0 saturated heterocycles. The molecule has 0 amide bonds. The van der Waals surface area contributed by atoms with Crippen molar-refractivity contribution in [3.8, 4) is 55.3 Å². The van der Waals surface area contributed by atoms with Crippen molar-refractivity contribution in [1.29, 1.82) is 0 Å². The molecule has 408 valence electrons. The van der Waals surface area contributed by atoms with Crippen molar-refractivity contribution in [1.82, 2.24) is 78.0 Å². The molecule has 80 heavy (non-hydrogen) atoms. The maximum atomic E-state index is 6.30. The second-order valence-corrected chi connectivity index (χ2v) is 22.8. The van der Waals surface area contributed by atoms with Crippen LogP contribution < -0.4 is 15.2 Å². The van der Waals surface area contributed by atoms with Crippen LogP contribution in [-0.2, 0) is 6.42 Å². The van der Waals surface area contributed by atoms with E-state index in [1.54, 1.807) is 18.7 Å². The Labute approximate surface area is 471 Å². The fourth-order valence-corrected chi connectivity index (χ4v) is 13.1. The van der Waals surface area contributed by atoms with Gasteiger partial charge in [0.1, 0.15) is 45.1 Å². The smallest absolute Gasteiger partial charge is 0.259 e. The monoisotopic (exact) mass is 1130 g/mol. The summed E-state index contributed by atoms with van der Waals surface area (Å²) in [6.07, 6.45) is 24.8. The highest BCUT2D eigenvalue weighted by Gasteiger charge is 2.29. The third-order valence-corrected chi connectivity index (χ3v) is 17.3. The summed E-state index contributed by atoms with van der Waals surface area (Å²) >= 11 is 4.27. The number of ether oxygens (including phenoxy) is 2. The number of nitrogens with two attached hydrogens (primary N) is 1. The molecule has 0 radical (unpaired) electrons. The molecule has 0 unspecified atom stereocenters. The lowest BCUT2D eigenvalue weighted by molar-refractivity contribution is 0.336. The van der Waals surface area contributed by atoms with E-state index in [1.807, 2.05) is 73.4 Å². The van der Waals surface area contributed by atoms with Gasteiger partial charge >= 0.3 is 0 Å². The molecule has 3 fully saturated rings. The summed E-state index contributed by atoms with van der Waals surface area (Å²) in [6.45, 7) is 7.96. The van der Waals surface area contributed by atoms with E-state index in [1.165, 1.54) is 98.5 Å². The maximum absolute atomic E-state index is 6.30. The second-order valence-electron chi connectivity index (χ2n) is 20.3. The number of hydrogen-bond acceptors (Lipinski definition) is 21. The standard InChI is InChI=1S/C23H21N5O2S.C17H16N6O2S.C16H20N6S/c1-2-20-24-12-16-21(27-28(23(16)26-20)14-6-3-4-7-14)22-19(13-25-31-22)30-18-9-5-8-17-15(18)10-11-29-17;18-17-19-8-11-14(22-23(15(11)21-17)10-4-1-2-5-10)16-20-12(9-24-16)25-13-6-3-7-26-13;1-9-13-14(16-19-11(3)21-23-16)20-22(12-7-5-4-6-8-12)15(13)18-10(2)17-9/h5,8-14H,2-4,6-7H2,1H3;3,6-10H,1-2,4-5H2,(H2,18,19,21);12H,4-8H2,1-3H3. The maximum Gasteiger partial charge on any atom is 0.259 e. The highest BCUT2D eigenvalue weighted by Crippen LogP contribution is 2.43. The van der Waals surface area contributed by atoms with Crippen molar-refractivity contribution in [3.05, 3.63) is 96.1 Å². The number of furan rings is 1. The molecule has 0 bridgehead atoms. The minimum Gasteiger partial charge on any atom is -0.464 e. The zero-order valence-corrected chi connectivity index (χ0v) is 47.1. The number of thiophene rings is 1. The molecule has 24 heteroatoms. The molecule has 0 spiro atoms. The summed E-state index contributed by atoms with van der Waals surface area (Å²) in [5.41, 5.74) is 12.5. The largest absolute Gasteiger partial charge is 0.464 e. The van der Waals surface area contributed by atoms with Gasteiger partial charge < -0.3 is 24.0 Å². The van der Waals surface area contributed by atoms with Gasteiger partial charge in [-0.1, -0.05) is 57.9 Å². The Bertz CT molecular complexity index is 4120. The van der Waals surface area contributed by atoms with E-state index in [4.69, 9.17) is 49.3 Å². The van der Waals surface area contributed by atoms with Crippen molar-refractivity contribution >= 4 is 84.4 Å². The van der Waals surface area contributed by atoms with Crippen LogP contribution in [0.3, 0.4) is 0 Å². The number of aryl methyl sites for hydroxylation is 4. The molecule has 11 heterocycles. The first-order valence-corrected chi connectivity index (χ1v) is 29.7. The first-order chi connectivity index (χ1) is 39.2. The SMILES string of the molecule is CCc1ncc2c(-c3sncc3Oc3cccc4occc34)nn(C3CCCC3)c2n1.Cc1nsc(-c2nn(C3CCCCC3)c3nc(C)nc(C)c23)n1.Nc1ncc2c(-c3nc(Oc4cccs4)co3)nn(C3CCCC3)c2n1. The molecule has 3 aliphatic carbocycles. The van der Waals surface area contributed by atoms with Crippen molar-refractivity contribution in [2.75, 3.05) is 5.73 Å². The predicted octanol–water partition coefficient (Wildman–Crippen LogP) is 14.0. The summed E-state index contributed by atoms with van der Waals surface area (Å²) in [5, 5.41) is 21.9. The van der Waals surface area contributed by atoms with Gasteiger partial charge in [-0.05, 0) is 118 Å². The molecule has 0 aliphatic heterocycles. The highest BCUT2D eigenvalue weighted by molar-refractivity contribution is 7.11. The van der Waals surface area contributed by atoms with Gasteiger partial charge in [-0.25, -0.2) is 43.9 Å². The first kappa shape index (κ1) is 51.4. The Hall–Kier alpha value is -8.09.